The topological polar surface area (TPSA) is 50.9 Å². The number of hydrogen-bond donors (Lipinski definition) is 2. The molecular formula is C10H10BrN3S. The summed E-state index contributed by atoms with van der Waals surface area (Å²) >= 11 is 5.14. The lowest BCUT2D eigenvalue weighted by molar-refractivity contribution is 1.17. The molecular weight excluding hydrogens is 274 g/mol. The van der Waals surface area contributed by atoms with E-state index in [0.29, 0.717) is 5.69 Å². The van der Waals surface area contributed by atoms with E-state index in [1.165, 1.54) is 4.88 Å². The van der Waals surface area contributed by atoms with E-state index in [9.17, 15) is 0 Å². The van der Waals surface area contributed by atoms with E-state index in [1.807, 2.05) is 12.1 Å². The number of nitrogens with zero attached hydrogens (tertiary/aromatic N) is 1. The molecule has 15 heavy (non-hydrogen) atoms. The summed E-state index contributed by atoms with van der Waals surface area (Å²) in [6, 6.07) is 6.00. The van der Waals surface area contributed by atoms with Crippen LogP contribution in [0, 0.1) is 0 Å². The van der Waals surface area contributed by atoms with Crippen LogP contribution < -0.4 is 11.1 Å². The minimum Gasteiger partial charge on any atom is -0.397 e. The predicted octanol–water partition coefficient (Wildman–Crippen LogP) is 3.10. The Balaban J connectivity index is 1.99. The van der Waals surface area contributed by atoms with Crippen molar-refractivity contribution in [3.63, 3.8) is 0 Å². The fraction of sp³-hybridized carbons (Fsp3) is 0.100. The highest BCUT2D eigenvalue weighted by Gasteiger charge is 1.98. The Kier molecular flexibility index (Phi) is 3.23. The molecule has 0 unspecified atom stereocenters. The average molecular weight is 284 g/mol. The Hall–Kier alpha value is -1.07. The number of nitrogens with one attached hydrogen (secondary N) is 1. The van der Waals surface area contributed by atoms with Gasteiger partial charge in [-0.15, -0.1) is 11.3 Å². The van der Waals surface area contributed by atoms with Gasteiger partial charge in [-0.25, -0.2) is 0 Å². The van der Waals surface area contributed by atoms with E-state index in [-0.39, 0.29) is 0 Å². The number of nitrogen functional groups attached to an aromatic ring is 1. The minimum atomic E-state index is 0.673. The van der Waals surface area contributed by atoms with Crippen molar-refractivity contribution >= 4 is 38.6 Å². The smallest absolute Gasteiger partial charge is 0.0702 e. The third-order valence-corrected chi connectivity index (χ3v) is 3.48. The third kappa shape index (κ3) is 2.94. The van der Waals surface area contributed by atoms with E-state index < -0.39 is 0 Å². The SMILES string of the molecule is Nc1cncc(NCc2ccc(Br)s2)c1. The van der Waals surface area contributed by atoms with Crippen LogP contribution in [-0.2, 0) is 6.54 Å². The molecule has 0 aliphatic rings. The Labute approximate surface area is 100 Å². The van der Waals surface area contributed by atoms with Gasteiger partial charge in [-0.05, 0) is 34.1 Å². The van der Waals surface area contributed by atoms with Crippen LogP contribution in [0.3, 0.4) is 0 Å². The highest BCUT2D eigenvalue weighted by atomic mass is 79.9. The first-order valence-corrected chi connectivity index (χ1v) is 6.03. The van der Waals surface area contributed by atoms with Crippen molar-refractivity contribution < 1.29 is 0 Å². The van der Waals surface area contributed by atoms with Crippen LogP contribution in [0.15, 0.2) is 34.4 Å². The maximum absolute atomic E-state index is 5.62. The maximum Gasteiger partial charge on any atom is 0.0702 e. The van der Waals surface area contributed by atoms with Crippen molar-refractivity contribution in [2.24, 2.45) is 0 Å². The third-order valence-electron chi connectivity index (χ3n) is 1.85. The van der Waals surface area contributed by atoms with Crippen molar-refractivity contribution in [3.8, 4) is 0 Å². The summed E-state index contributed by atoms with van der Waals surface area (Å²) in [4.78, 5) is 5.28. The highest BCUT2D eigenvalue weighted by Crippen LogP contribution is 2.22. The van der Waals surface area contributed by atoms with Gasteiger partial charge in [0.15, 0.2) is 0 Å². The van der Waals surface area contributed by atoms with Crippen molar-refractivity contribution in [2.75, 3.05) is 11.1 Å². The summed E-state index contributed by atoms with van der Waals surface area (Å²) in [5.41, 5.74) is 7.24. The molecule has 0 amide bonds. The largest absolute Gasteiger partial charge is 0.397 e. The Morgan fingerprint density at radius 2 is 2.27 bits per heavy atom. The summed E-state index contributed by atoms with van der Waals surface area (Å²) in [6.45, 7) is 0.793. The van der Waals surface area contributed by atoms with Gasteiger partial charge in [0.1, 0.15) is 0 Å². The molecule has 0 bridgehead atoms. The lowest BCUT2D eigenvalue weighted by atomic mass is 10.3. The molecule has 78 valence electrons. The fourth-order valence-electron chi connectivity index (χ4n) is 1.19. The van der Waals surface area contributed by atoms with E-state index >= 15 is 0 Å². The molecule has 2 aromatic heterocycles. The second-order valence-electron chi connectivity index (χ2n) is 3.07. The van der Waals surface area contributed by atoms with Gasteiger partial charge >= 0.3 is 0 Å². The van der Waals surface area contributed by atoms with Crippen molar-refractivity contribution in [1.82, 2.24) is 4.98 Å². The molecule has 5 heteroatoms. The molecule has 0 saturated heterocycles. The highest BCUT2D eigenvalue weighted by molar-refractivity contribution is 9.11. The zero-order valence-electron chi connectivity index (χ0n) is 7.90. The molecule has 2 aromatic rings. The van der Waals surface area contributed by atoms with E-state index in [2.05, 4.69) is 32.3 Å². The van der Waals surface area contributed by atoms with Crippen LogP contribution in [-0.4, -0.2) is 4.98 Å². The molecule has 0 saturated carbocycles. The van der Waals surface area contributed by atoms with E-state index in [1.54, 1.807) is 23.7 Å². The van der Waals surface area contributed by atoms with Gasteiger partial charge in [-0.3, -0.25) is 4.98 Å². The quantitative estimate of drug-likeness (QED) is 0.910. The molecule has 2 rings (SSSR count). The molecule has 0 aliphatic carbocycles. The summed E-state index contributed by atoms with van der Waals surface area (Å²) < 4.78 is 1.14. The van der Waals surface area contributed by atoms with Gasteiger partial charge in [-0.2, -0.15) is 0 Å². The number of halogens is 1. The Morgan fingerprint density at radius 1 is 1.40 bits per heavy atom. The summed E-state index contributed by atoms with van der Waals surface area (Å²) in [7, 11) is 0. The van der Waals surface area contributed by atoms with Crippen molar-refractivity contribution in [2.45, 2.75) is 6.54 Å². The molecule has 0 radical (unpaired) electrons. The Morgan fingerprint density at radius 3 is 2.93 bits per heavy atom. The van der Waals surface area contributed by atoms with Gasteiger partial charge in [0, 0.05) is 17.6 Å². The predicted molar refractivity (Wildman–Crippen MR) is 68.0 cm³/mol. The van der Waals surface area contributed by atoms with Crippen LogP contribution >= 0.6 is 27.3 Å². The first-order chi connectivity index (χ1) is 7.24. The zero-order chi connectivity index (χ0) is 10.7. The number of anilines is 2. The van der Waals surface area contributed by atoms with Crippen LogP contribution in [0.1, 0.15) is 4.88 Å². The van der Waals surface area contributed by atoms with Gasteiger partial charge in [-0.1, -0.05) is 0 Å². The molecule has 0 atom stereocenters. The van der Waals surface area contributed by atoms with Gasteiger partial charge in [0.2, 0.25) is 0 Å². The lowest BCUT2D eigenvalue weighted by Gasteiger charge is -2.04. The lowest BCUT2D eigenvalue weighted by Crippen LogP contribution is -1.98. The number of aromatic nitrogens is 1. The fourth-order valence-corrected chi connectivity index (χ4v) is 2.61. The molecule has 3 nitrogen and oxygen atoms in total. The van der Waals surface area contributed by atoms with Crippen LogP contribution in [0.4, 0.5) is 11.4 Å². The van der Waals surface area contributed by atoms with Crippen molar-refractivity contribution in [3.05, 3.63) is 39.3 Å². The molecule has 0 aliphatic heterocycles. The normalized spacial score (nSPS) is 10.2. The molecule has 0 aromatic carbocycles. The van der Waals surface area contributed by atoms with Gasteiger partial charge in [0.25, 0.3) is 0 Å². The summed E-state index contributed by atoms with van der Waals surface area (Å²) in [6.07, 6.45) is 3.39. The number of hydrogen-bond acceptors (Lipinski definition) is 4. The number of rotatable bonds is 3. The first-order valence-electron chi connectivity index (χ1n) is 4.42. The second-order valence-corrected chi connectivity index (χ2v) is 5.61. The second kappa shape index (κ2) is 4.63. The minimum absolute atomic E-state index is 0.673. The maximum atomic E-state index is 5.62. The number of nitrogens with two attached hydrogens (primary N) is 1. The number of pyridine rings is 1. The average Bonchev–Trinajstić information content (AvgIpc) is 2.62. The zero-order valence-corrected chi connectivity index (χ0v) is 10.3. The van der Waals surface area contributed by atoms with Gasteiger partial charge in [0.05, 0.1) is 21.4 Å². The Bertz CT molecular complexity index is 455. The van der Waals surface area contributed by atoms with E-state index in [4.69, 9.17) is 5.73 Å². The van der Waals surface area contributed by atoms with Crippen LogP contribution in [0.5, 0.6) is 0 Å². The summed E-state index contributed by atoms with van der Waals surface area (Å²) in [5, 5.41) is 3.26. The van der Waals surface area contributed by atoms with E-state index in [0.717, 1.165) is 16.0 Å². The summed E-state index contributed by atoms with van der Waals surface area (Å²) in [5.74, 6) is 0. The number of thiophene rings is 1. The first kappa shape index (κ1) is 10.4. The van der Waals surface area contributed by atoms with Crippen LogP contribution in [0.25, 0.3) is 0 Å². The molecule has 0 fully saturated rings. The monoisotopic (exact) mass is 283 g/mol. The molecule has 3 N–H and O–H groups in total. The standard InChI is InChI=1S/C10H10BrN3S/c11-10-2-1-9(15-10)6-14-8-3-7(12)4-13-5-8/h1-5,14H,6,12H2. The van der Waals surface area contributed by atoms with Crippen LogP contribution in [0.2, 0.25) is 0 Å². The molecule has 0 spiro atoms. The van der Waals surface area contributed by atoms with Crippen molar-refractivity contribution in [1.29, 1.82) is 0 Å². The molecule has 2 heterocycles. The van der Waals surface area contributed by atoms with Gasteiger partial charge < -0.3 is 11.1 Å².